The van der Waals surface area contributed by atoms with Gasteiger partial charge in [-0.05, 0) is 32.6 Å². The molecule has 0 unspecified atom stereocenters. The van der Waals surface area contributed by atoms with Crippen LogP contribution in [0.5, 0.6) is 0 Å². The highest BCUT2D eigenvalue weighted by molar-refractivity contribution is 7.89. The molecule has 1 heterocycles. The van der Waals surface area contributed by atoms with Crippen LogP contribution in [0, 0.1) is 19.8 Å². The third-order valence-corrected chi connectivity index (χ3v) is 6.14. The van der Waals surface area contributed by atoms with Gasteiger partial charge in [0.05, 0.1) is 17.9 Å². The van der Waals surface area contributed by atoms with Crippen LogP contribution in [0.25, 0.3) is 0 Å². The molecule has 1 aliphatic rings. The smallest absolute Gasteiger partial charge is 0.246 e. The van der Waals surface area contributed by atoms with Crippen molar-refractivity contribution in [3.63, 3.8) is 0 Å². The lowest BCUT2D eigenvalue weighted by Gasteiger charge is -2.29. The van der Waals surface area contributed by atoms with Crippen LogP contribution >= 0.6 is 0 Å². The van der Waals surface area contributed by atoms with Gasteiger partial charge in [-0.1, -0.05) is 6.42 Å². The first kappa shape index (κ1) is 15.5. The van der Waals surface area contributed by atoms with Crippen molar-refractivity contribution in [2.75, 3.05) is 20.1 Å². The van der Waals surface area contributed by atoms with Crippen molar-refractivity contribution in [3.05, 3.63) is 11.4 Å². The van der Waals surface area contributed by atoms with Crippen molar-refractivity contribution < 1.29 is 8.42 Å². The van der Waals surface area contributed by atoms with E-state index in [1.54, 1.807) is 25.6 Å². The second kappa shape index (κ2) is 5.83. The zero-order valence-electron chi connectivity index (χ0n) is 12.5. The summed E-state index contributed by atoms with van der Waals surface area (Å²) in [5.41, 5.74) is 6.76. The molecule has 0 bridgehead atoms. The van der Waals surface area contributed by atoms with Gasteiger partial charge >= 0.3 is 0 Å². The quantitative estimate of drug-likeness (QED) is 0.845. The van der Waals surface area contributed by atoms with Crippen LogP contribution in [0.2, 0.25) is 0 Å². The standard InChI is InChI=1S/C13H24N4O2S/c1-10-13(11(2)17(15-10)8-7-14)20(18,19)16(3)9-12-5-4-6-12/h12H,4-9,14H2,1-3H3. The Morgan fingerprint density at radius 1 is 1.40 bits per heavy atom. The second-order valence-electron chi connectivity index (χ2n) is 5.59. The number of aryl methyl sites for hydroxylation is 1. The highest BCUT2D eigenvalue weighted by atomic mass is 32.2. The maximum atomic E-state index is 12.7. The summed E-state index contributed by atoms with van der Waals surface area (Å²) in [6, 6.07) is 0. The molecule has 2 rings (SSSR count). The Labute approximate surface area is 121 Å². The molecule has 1 fully saturated rings. The van der Waals surface area contributed by atoms with E-state index in [0.717, 1.165) is 12.8 Å². The molecule has 0 atom stereocenters. The first-order valence-corrected chi connectivity index (χ1v) is 8.52. The number of nitrogens with zero attached hydrogens (tertiary/aromatic N) is 3. The Balaban J connectivity index is 2.28. The molecule has 6 nitrogen and oxygen atoms in total. The predicted octanol–water partition coefficient (Wildman–Crippen LogP) is 0.879. The summed E-state index contributed by atoms with van der Waals surface area (Å²) >= 11 is 0. The van der Waals surface area contributed by atoms with Crippen molar-refractivity contribution in [2.45, 2.75) is 44.6 Å². The van der Waals surface area contributed by atoms with E-state index >= 15 is 0 Å². The highest BCUT2D eigenvalue weighted by Gasteiger charge is 2.31. The fourth-order valence-corrected chi connectivity index (χ4v) is 4.30. The predicted molar refractivity (Wildman–Crippen MR) is 77.9 cm³/mol. The Kier molecular flexibility index (Phi) is 4.51. The summed E-state index contributed by atoms with van der Waals surface area (Å²) in [4.78, 5) is 0.341. The Bertz CT molecular complexity index is 575. The van der Waals surface area contributed by atoms with Crippen LogP contribution in [0.1, 0.15) is 30.7 Å². The van der Waals surface area contributed by atoms with Crippen molar-refractivity contribution in [2.24, 2.45) is 11.7 Å². The van der Waals surface area contributed by atoms with Gasteiger partial charge in [0.15, 0.2) is 0 Å². The molecule has 0 aromatic carbocycles. The number of hydrogen-bond acceptors (Lipinski definition) is 4. The number of hydrogen-bond donors (Lipinski definition) is 1. The van der Waals surface area contributed by atoms with Gasteiger partial charge in [0, 0.05) is 20.1 Å². The Morgan fingerprint density at radius 2 is 2.05 bits per heavy atom. The molecule has 2 N–H and O–H groups in total. The third-order valence-electron chi connectivity index (χ3n) is 4.06. The summed E-state index contributed by atoms with van der Waals surface area (Å²) in [6.45, 7) is 5.11. The van der Waals surface area contributed by atoms with Crippen LogP contribution in [0.4, 0.5) is 0 Å². The Morgan fingerprint density at radius 3 is 2.55 bits per heavy atom. The average Bonchev–Trinajstić information content (AvgIpc) is 2.59. The van der Waals surface area contributed by atoms with E-state index in [2.05, 4.69) is 5.10 Å². The van der Waals surface area contributed by atoms with E-state index in [0.29, 0.717) is 41.8 Å². The van der Waals surface area contributed by atoms with Crippen molar-refractivity contribution in [3.8, 4) is 0 Å². The second-order valence-corrected chi connectivity index (χ2v) is 7.58. The number of rotatable bonds is 6. The van der Waals surface area contributed by atoms with Crippen LogP contribution < -0.4 is 5.73 Å². The summed E-state index contributed by atoms with van der Waals surface area (Å²) in [7, 11) is -1.80. The number of nitrogens with two attached hydrogens (primary N) is 1. The minimum absolute atomic E-state index is 0.341. The molecule has 0 aliphatic heterocycles. The molecule has 7 heteroatoms. The van der Waals surface area contributed by atoms with Crippen molar-refractivity contribution in [1.29, 1.82) is 0 Å². The maximum Gasteiger partial charge on any atom is 0.246 e. The van der Waals surface area contributed by atoms with Crippen LogP contribution in [-0.4, -0.2) is 42.6 Å². The normalized spacial score (nSPS) is 16.6. The fourth-order valence-electron chi connectivity index (χ4n) is 2.69. The van der Waals surface area contributed by atoms with Gasteiger partial charge in [-0.3, -0.25) is 4.68 Å². The summed E-state index contributed by atoms with van der Waals surface area (Å²) in [6.07, 6.45) is 3.47. The van der Waals surface area contributed by atoms with Gasteiger partial charge in [0.25, 0.3) is 0 Å². The number of sulfonamides is 1. The zero-order chi connectivity index (χ0) is 14.9. The first-order chi connectivity index (χ1) is 9.37. The minimum atomic E-state index is -3.46. The molecular formula is C13H24N4O2S. The molecule has 0 saturated heterocycles. The lowest BCUT2D eigenvalue weighted by Crippen LogP contribution is -2.34. The molecule has 1 aromatic rings. The van der Waals surface area contributed by atoms with E-state index in [4.69, 9.17) is 5.73 Å². The largest absolute Gasteiger partial charge is 0.329 e. The summed E-state index contributed by atoms with van der Waals surface area (Å²) in [5.74, 6) is 0.509. The molecule has 20 heavy (non-hydrogen) atoms. The van der Waals surface area contributed by atoms with E-state index in [9.17, 15) is 8.42 Å². The summed E-state index contributed by atoms with van der Waals surface area (Å²) in [5, 5.41) is 4.29. The lowest BCUT2D eigenvalue weighted by atomic mass is 9.86. The van der Waals surface area contributed by atoms with E-state index in [-0.39, 0.29) is 0 Å². The number of aromatic nitrogens is 2. The fraction of sp³-hybridized carbons (Fsp3) is 0.769. The van der Waals surface area contributed by atoms with Crippen LogP contribution in [0.15, 0.2) is 4.90 Å². The topological polar surface area (TPSA) is 81.2 Å². The van der Waals surface area contributed by atoms with E-state index in [1.807, 2.05) is 0 Å². The summed E-state index contributed by atoms with van der Waals surface area (Å²) < 4.78 is 28.6. The van der Waals surface area contributed by atoms with Crippen LogP contribution in [-0.2, 0) is 16.6 Å². The van der Waals surface area contributed by atoms with E-state index in [1.165, 1.54) is 10.7 Å². The first-order valence-electron chi connectivity index (χ1n) is 7.08. The molecule has 114 valence electrons. The lowest BCUT2D eigenvalue weighted by molar-refractivity contribution is 0.263. The average molecular weight is 300 g/mol. The van der Waals surface area contributed by atoms with Gasteiger partial charge in [0.1, 0.15) is 4.90 Å². The molecule has 1 aliphatic carbocycles. The SMILES string of the molecule is Cc1nn(CCN)c(C)c1S(=O)(=O)N(C)CC1CCC1. The van der Waals surface area contributed by atoms with Crippen molar-refractivity contribution >= 4 is 10.0 Å². The van der Waals surface area contributed by atoms with Gasteiger partial charge in [-0.25, -0.2) is 12.7 Å². The zero-order valence-corrected chi connectivity index (χ0v) is 13.3. The van der Waals surface area contributed by atoms with Crippen molar-refractivity contribution in [1.82, 2.24) is 14.1 Å². The third kappa shape index (κ3) is 2.75. The van der Waals surface area contributed by atoms with Gasteiger partial charge < -0.3 is 5.73 Å². The molecule has 1 saturated carbocycles. The monoisotopic (exact) mass is 300 g/mol. The van der Waals surface area contributed by atoms with Crippen LogP contribution in [0.3, 0.4) is 0 Å². The maximum absolute atomic E-state index is 12.7. The van der Waals surface area contributed by atoms with Gasteiger partial charge in [-0.15, -0.1) is 0 Å². The Hall–Kier alpha value is -0.920. The van der Waals surface area contributed by atoms with Gasteiger partial charge in [0.2, 0.25) is 10.0 Å². The molecule has 0 radical (unpaired) electrons. The molecular weight excluding hydrogens is 276 g/mol. The molecule has 0 spiro atoms. The highest BCUT2D eigenvalue weighted by Crippen LogP contribution is 2.29. The minimum Gasteiger partial charge on any atom is -0.329 e. The molecule has 1 aromatic heterocycles. The van der Waals surface area contributed by atoms with E-state index < -0.39 is 10.0 Å². The van der Waals surface area contributed by atoms with Gasteiger partial charge in [-0.2, -0.15) is 5.10 Å². The molecule has 0 amide bonds.